The lowest BCUT2D eigenvalue weighted by Gasteiger charge is -2.09. The van der Waals surface area contributed by atoms with Crippen molar-refractivity contribution in [2.45, 2.75) is 0 Å². The van der Waals surface area contributed by atoms with Crippen LogP contribution in [-0.4, -0.2) is 13.0 Å². The summed E-state index contributed by atoms with van der Waals surface area (Å²) in [6.07, 6.45) is 0.989. The SMILES string of the molecule is COc1ccccc1NC(=O)C(C#N)=Cc1cccc(F)c1F. The molecule has 0 aromatic heterocycles. The van der Waals surface area contributed by atoms with Gasteiger partial charge in [0, 0.05) is 5.56 Å². The molecule has 1 N–H and O–H groups in total. The molecule has 0 saturated heterocycles. The van der Waals surface area contributed by atoms with Crippen molar-refractivity contribution in [2.75, 3.05) is 12.4 Å². The Balaban J connectivity index is 2.31. The number of amides is 1. The maximum atomic E-state index is 13.6. The van der Waals surface area contributed by atoms with Gasteiger partial charge in [0.05, 0.1) is 12.8 Å². The quantitative estimate of drug-likeness (QED) is 0.694. The standard InChI is InChI=1S/C17H12F2N2O2/c1-23-15-8-3-2-7-14(15)21-17(22)12(10-20)9-11-5-4-6-13(18)16(11)19/h2-9H,1H3,(H,21,22). The third kappa shape index (κ3) is 3.71. The Morgan fingerprint density at radius 1 is 1.22 bits per heavy atom. The van der Waals surface area contributed by atoms with Crippen LogP contribution in [0.15, 0.2) is 48.0 Å². The summed E-state index contributed by atoms with van der Waals surface area (Å²) in [4.78, 5) is 12.1. The van der Waals surface area contributed by atoms with E-state index < -0.39 is 17.5 Å². The molecule has 0 aliphatic carbocycles. The molecular weight excluding hydrogens is 302 g/mol. The number of para-hydroxylation sites is 2. The van der Waals surface area contributed by atoms with Crippen LogP contribution in [0.5, 0.6) is 5.75 Å². The molecule has 4 nitrogen and oxygen atoms in total. The fraction of sp³-hybridized carbons (Fsp3) is 0.0588. The Bertz CT molecular complexity index is 810. The van der Waals surface area contributed by atoms with Crippen LogP contribution in [0.3, 0.4) is 0 Å². The summed E-state index contributed by atoms with van der Waals surface area (Å²) in [6, 6.07) is 11.8. The fourth-order valence-electron chi connectivity index (χ4n) is 1.87. The molecule has 0 aliphatic heterocycles. The number of benzene rings is 2. The van der Waals surface area contributed by atoms with E-state index in [2.05, 4.69) is 5.32 Å². The maximum absolute atomic E-state index is 13.6. The van der Waals surface area contributed by atoms with Gasteiger partial charge >= 0.3 is 0 Å². The van der Waals surface area contributed by atoms with Crippen LogP contribution in [0.4, 0.5) is 14.5 Å². The second-order valence-corrected chi connectivity index (χ2v) is 4.47. The summed E-state index contributed by atoms with van der Waals surface area (Å²) in [5.74, 6) is -2.51. The zero-order valence-corrected chi connectivity index (χ0v) is 12.1. The van der Waals surface area contributed by atoms with Crippen molar-refractivity contribution in [1.82, 2.24) is 0 Å². The van der Waals surface area contributed by atoms with Crippen LogP contribution >= 0.6 is 0 Å². The molecule has 23 heavy (non-hydrogen) atoms. The molecule has 2 aromatic carbocycles. The Morgan fingerprint density at radius 3 is 2.65 bits per heavy atom. The summed E-state index contributed by atoms with van der Waals surface area (Å²) in [5, 5.41) is 11.6. The number of anilines is 1. The van der Waals surface area contributed by atoms with Crippen molar-refractivity contribution < 1.29 is 18.3 Å². The largest absolute Gasteiger partial charge is 0.495 e. The van der Waals surface area contributed by atoms with Gasteiger partial charge in [0.15, 0.2) is 11.6 Å². The van der Waals surface area contributed by atoms with Gasteiger partial charge in [0.25, 0.3) is 5.91 Å². The first kappa shape index (κ1) is 16.2. The molecule has 0 bridgehead atoms. The molecule has 2 aromatic rings. The van der Waals surface area contributed by atoms with Crippen molar-refractivity contribution in [3.63, 3.8) is 0 Å². The van der Waals surface area contributed by atoms with E-state index in [1.807, 2.05) is 0 Å². The van der Waals surface area contributed by atoms with Gasteiger partial charge in [-0.05, 0) is 24.3 Å². The minimum absolute atomic E-state index is 0.184. The van der Waals surface area contributed by atoms with Gasteiger partial charge in [-0.25, -0.2) is 8.78 Å². The van der Waals surface area contributed by atoms with Gasteiger partial charge < -0.3 is 10.1 Å². The Labute approximate surface area is 131 Å². The number of nitrogens with zero attached hydrogens (tertiary/aromatic N) is 1. The van der Waals surface area contributed by atoms with Gasteiger partial charge in [-0.1, -0.05) is 24.3 Å². The Morgan fingerprint density at radius 2 is 1.96 bits per heavy atom. The minimum atomic E-state index is -1.12. The molecule has 0 atom stereocenters. The van der Waals surface area contributed by atoms with E-state index in [1.54, 1.807) is 30.3 Å². The van der Waals surface area contributed by atoms with Crippen LogP contribution in [-0.2, 0) is 4.79 Å². The number of nitrogens with one attached hydrogen (secondary N) is 1. The van der Waals surface area contributed by atoms with Crippen molar-refractivity contribution in [3.05, 3.63) is 65.2 Å². The van der Waals surface area contributed by atoms with E-state index in [4.69, 9.17) is 10.00 Å². The van der Waals surface area contributed by atoms with E-state index >= 15 is 0 Å². The number of nitriles is 1. The molecular formula is C17H12F2N2O2. The number of ether oxygens (including phenoxy) is 1. The van der Waals surface area contributed by atoms with Crippen molar-refractivity contribution in [3.8, 4) is 11.8 Å². The van der Waals surface area contributed by atoms with Crippen molar-refractivity contribution in [2.24, 2.45) is 0 Å². The van der Waals surface area contributed by atoms with Gasteiger partial charge in [-0.2, -0.15) is 5.26 Å². The number of methoxy groups -OCH3 is 1. The number of hydrogen-bond donors (Lipinski definition) is 1. The molecule has 0 radical (unpaired) electrons. The topological polar surface area (TPSA) is 62.1 Å². The summed E-state index contributed by atoms with van der Waals surface area (Å²) >= 11 is 0. The van der Waals surface area contributed by atoms with E-state index in [0.29, 0.717) is 11.4 Å². The number of halogens is 2. The summed E-state index contributed by atoms with van der Waals surface area (Å²) in [7, 11) is 1.44. The summed E-state index contributed by atoms with van der Waals surface area (Å²) in [6.45, 7) is 0. The molecule has 2 rings (SSSR count). The van der Waals surface area contributed by atoms with E-state index in [9.17, 15) is 13.6 Å². The second kappa shape index (κ2) is 7.18. The van der Waals surface area contributed by atoms with Crippen molar-refractivity contribution >= 4 is 17.7 Å². The lowest BCUT2D eigenvalue weighted by atomic mass is 10.1. The number of hydrogen-bond acceptors (Lipinski definition) is 3. The van der Waals surface area contributed by atoms with E-state index in [1.165, 1.54) is 19.2 Å². The molecule has 0 saturated carbocycles. The predicted octanol–water partition coefficient (Wildman–Crippen LogP) is 3.52. The molecule has 0 heterocycles. The van der Waals surface area contributed by atoms with Crippen LogP contribution < -0.4 is 10.1 Å². The third-order valence-electron chi connectivity index (χ3n) is 3.00. The highest BCUT2D eigenvalue weighted by molar-refractivity contribution is 6.10. The molecule has 1 amide bonds. The lowest BCUT2D eigenvalue weighted by Crippen LogP contribution is -2.14. The van der Waals surface area contributed by atoms with Crippen molar-refractivity contribution in [1.29, 1.82) is 5.26 Å². The van der Waals surface area contributed by atoms with Crippen LogP contribution in [0.1, 0.15) is 5.56 Å². The van der Waals surface area contributed by atoms with Gasteiger partial charge in [-0.3, -0.25) is 4.79 Å². The first-order valence-corrected chi connectivity index (χ1v) is 6.57. The molecule has 0 unspecified atom stereocenters. The van der Waals surface area contributed by atoms with Crippen LogP contribution in [0.25, 0.3) is 6.08 Å². The zero-order chi connectivity index (χ0) is 16.8. The molecule has 0 aliphatic rings. The average molecular weight is 314 g/mol. The highest BCUT2D eigenvalue weighted by Crippen LogP contribution is 2.24. The number of rotatable bonds is 4. The molecule has 0 spiro atoms. The van der Waals surface area contributed by atoms with Gasteiger partial charge in [0.1, 0.15) is 17.4 Å². The zero-order valence-electron chi connectivity index (χ0n) is 12.1. The highest BCUT2D eigenvalue weighted by atomic mass is 19.2. The highest BCUT2D eigenvalue weighted by Gasteiger charge is 2.14. The Hall–Kier alpha value is -3.20. The normalized spacial score (nSPS) is 10.8. The number of carbonyl (C=O) groups excluding carboxylic acids is 1. The first-order valence-electron chi connectivity index (χ1n) is 6.57. The third-order valence-corrected chi connectivity index (χ3v) is 3.00. The van der Waals surface area contributed by atoms with Gasteiger partial charge in [0.2, 0.25) is 0 Å². The Kier molecular flexibility index (Phi) is 5.05. The smallest absolute Gasteiger partial charge is 0.266 e. The predicted molar refractivity (Wildman–Crippen MR) is 81.6 cm³/mol. The monoisotopic (exact) mass is 314 g/mol. The first-order chi connectivity index (χ1) is 11.1. The van der Waals surface area contributed by atoms with Gasteiger partial charge in [-0.15, -0.1) is 0 Å². The molecule has 6 heteroatoms. The number of carbonyl (C=O) groups is 1. The lowest BCUT2D eigenvalue weighted by molar-refractivity contribution is -0.112. The fourth-order valence-corrected chi connectivity index (χ4v) is 1.87. The molecule has 116 valence electrons. The van der Waals surface area contributed by atoms with E-state index in [-0.39, 0.29) is 11.1 Å². The van der Waals surface area contributed by atoms with Crippen LogP contribution in [0.2, 0.25) is 0 Å². The van der Waals surface area contributed by atoms with Crippen LogP contribution in [0, 0.1) is 23.0 Å². The molecule has 0 fully saturated rings. The minimum Gasteiger partial charge on any atom is -0.495 e. The average Bonchev–Trinajstić information content (AvgIpc) is 2.56. The summed E-state index contributed by atoms with van der Waals surface area (Å²) < 4.78 is 31.9. The second-order valence-electron chi connectivity index (χ2n) is 4.47. The maximum Gasteiger partial charge on any atom is 0.266 e. The summed E-state index contributed by atoms with van der Waals surface area (Å²) in [5.41, 5.74) is -0.182. The van der Waals surface area contributed by atoms with E-state index in [0.717, 1.165) is 12.1 Å².